The number of hydrogen-bond donors (Lipinski definition) is 2. The van der Waals surface area contributed by atoms with Gasteiger partial charge in [-0.25, -0.2) is 4.79 Å². The molecule has 4 aromatic rings. The second-order valence-corrected chi connectivity index (χ2v) is 9.31. The molecule has 204 valence electrons. The average molecular weight is 541 g/mol. The van der Waals surface area contributed by atoms with Gasteiger partial charge < -0.3 is 29.2 Å². The zero-order chi connectivity index (χ0) is 28.4. The third kappa shape index (κ3) is 4.77. The third-order valence-electron chi connectivity index (χ3n) is 7.13. The number of benzene rings is 3. The van der Waals surface area contributed by atoms with Crippen LogP contribution in [0, 0.1) is 0 Å². The van der Waals surface area contributed by atoms with E-state index in [9.17, 15) is 19.5 Å². The molecule has 2 N–H and O–H groups in total. The number of likely N-dealkylation sites (tertiary alicyclic amines) is 1. The quantitative estimate of drug-likeness (QED) is 0.145. The lowest BCUT2D eigenvalue weighted by molar-refractivity contribution is -0.139. The van der Waals surface area contributed by atoms with Crippen LogP contribution in [0.2, 0.25) is 0 Å². The Labute approximate surface area is 230 Å². The molecule has 1 aromatic heterocycles. The maximum absolute atomic E-state index is 13.4. The van der Waals surface area contributed by atoms with Gasteiger partial charge in [-0.15, -0.1) is 0 Å². The van der Waals surface area contributed by atoms with Crippen molar-refractivity contribution in [2.75, 3.05) is 27.9 Å². The molecule has 0 aliphatic carbocycles. The number of Topliss-reactive ketones (excluding diaryl/α,β-unsaturated/α-hetero) is 1. The molecule has 3 aromatic carbocycles. The van der Waals surface area contributed by atoms with Crippen molar-refractivity contribution in [3.63, 3.8) is 0 Å². The Morgan fingerprint density at radius 3 is 2.35 bits per heavy atom. The van der Waals surface area contributed by atoms with E-state index in [1.165, 1.54) is 19.1 Å². The number of aliphatic hydroxyl groups excluding tert-OH is 1. The fourth-order valence-electron chi connectivity index (χ4n) is 5.03. The first-order chi connectivity index (χ1) is 19.4. The Morgan fingerprint density at radius 2 is 1.65 bits per heavy atom. The van der Waals surface area contributed by atoms with E-state index in [4.69, 9.17) is 14.2 Å². The third-order valence-corrected chi connectivity index (χ3v) is 7.13. The molecule has 2 heterocycles. The summed E-state index contributed by atoms with van der Waals surface area (Å²) in [5.41, 5.74) is 3.07. The summed E-state index contributed by atoms with van der Waals surface area (Å²) in [7, 11) is 4.39. The number of nitrogens with zero attached hydrogens (tertiary/aromatic N) is 1. The first kappa shape index (κ1) is 26.6. The van der Waals surface area contributed by atoms with E-state index in [2.05, 4.69) is 4.98 Å². The van der Waals surface area contributed by atoms with Gasteiger partial charge in [0.1, 0.15) is 17.3 Å². The van der Waals surface area contributed by atoms with Crippen LogP contribution in [0.25, 0.3) is 16.7 Å². The maximum atomic E-state index is 13.4. The van der Waals surface area contributed by atoms with Crippen LogP contribution in [-0.4, -0.2) is 60.5 Å². The predicted molar refractivity (Wildman–Crippen MR) is 148 cm³/mol. The van der Waals surface area contributed by atoms with Crippen LogP contribution < -0.4 is 9.47 Å². The van der Waals surface area contributed by atoms with Gasteiger partial charge in [-0.1, -0.05) is 24.3 Å². The lowest BCUT2D eigenvalue weighted by Gasteiger charge is -2.25. The lowest BCUT2D eigenvalue weighted by Crippen LogP contribution is -2.31. The largest absolute Gasteiger partial charge is 0.507 e. The van der Waals surface area contributed by atoms with Crippen LogP contribution in [0.3, 0.4) is 0 Å². The Hall–Kier alpha value is -5.05. The van der Waals surface area contributed by atoms with Crippen LogP contribution in [-0.2, 0) is 20.7 Å². The highest BCUT2D eigenvalue weighted by molar-refractivity contribution is 6.46. The van der Waals surface area contributed by atoms with Gasteiger partial charge in [-0.3, -0.25) is 9.59 Å². The summed E-state index contributed by atoms with van der Waals surface area (Å²) in [4.78, 5) is 43.5. The SMILES string of the molecule is COC(=O)c1ccc([C@@H]2C(=C(O)c3cccc(OC)c3)C(=O)C(=O)N2CCc2c[nH]c3ccc(OC)cc23)cc1. The van der Waals surface area contributed by atoms with Gasteiger partial charge in [0, 0.05) is 29.2 Å². The van der Waals surface area contributed by atoms with Gasteiger partial charge in [-0.05, 0) is 60.0 Å². The van der Waals surface area contributed by atoms with Gasteiger partial charge in [0.15, 0.2) is 0 Å². The number of rotatable bonds is 8. The Morgan fingerprint density at radius 1 is 0.925 bits per heavy atom. The molecule has 1 fully saturated rings. The summed E-state index contributed by atoms with van der Waals surface area (Å²) >= 11 is 0. The van der Waals surface area contributed by atoms with E-state index in [-0.39, 0.29) is 17.9 Å². The second-order valence-electron chi connectivity index (χ2n) is 9.31. The van der Waals surface area contributed by atoms with E-state index in [1.54, 1.807) is 55.6 Å². The summed E-state index contributed by atoms with van der Waals surface area (Å²) in [6.07, 6.45) is 2.31. The summed E-state index contributed by atoms with van der Waals surface area (Å²) in [6, 6.07) is 17.9. The monoisotopic (exact) mass is 540 g/mol. The highest BCUT2D eigenvalue weighted by Crippen LogP contribution is 2.40. The number of aliphatic hydroxyl groups is 1. The number of ketones is 1. The van der Waals surface area contributed by atoms with Crippen molar-refractivity contribution >= 4 is 34.3 Å². The molecule has 5 rings (SSSR count). The summed E-state index contributed by atoms with van der Waals surface area (Å²) < 4.78 is 15.4. The molecule has 0 saturated carbocycles. The van der Waals surface area contributed by atoms with E-state index in [1.807, 2.05) is 24.4 Å². The minimum atomic E-state index is -0.877. The molecule has 1 aliphatic rings. The Balaban J connectivity index is 1.57. The van der Waals surface area contributed by atoms with Gasteiger partial charge in [0.2, 0.25) is 0 Å². The van der Waals surface area contributed by atoms with Gasteiger partial charge in [0.25, 0.3) is 11.7 Å². The number of carbonyl (C=O) groups is 3. The molecule has 1 saturated heterocycles. The molecule has 1 amide bonds. The number of nitrogens with one attached hydrogen (secondary N) is 1. The first-order valence-corrected chi connectivity index (χ1v) is 12.6. The fraction of sp³-hybridized carbons (Fsp3) is 0.194. The van der Waals surface area contributed by atoms with Crippen molar-refractivity contribution in [1.82, 2.24) is 9.88 Å². The molecular formula is C31H28N2O7. The van der Waals surface area contributed by atoms with Crippen molar-refractivity contribution in [3.05, 3.63) is 101 Å². The van der Waals surface area contributed by atoms with E-state index >= 15 is 0 Å². The summed E-state index contributed by atoms with van der Waals surface area (Å²) in [6.45, 7) is 0.201. The van der Waals surface area contributed by atoms with Crippen LogP contribution in [0.15, 0.2) is 78.5 Å². The first-order valence-electron chi connectivity index (χ1n) is 12.6. The molecule has 1 aliphatic heterocycles. The van der Waals surface area contributed by atoms with Gasteiger partial charge >= 0.3 is 5.97 Å². The van der Waals surface area contributed by atoms with Crippen LogP contribution >= 0.6 is 0 Å². The van der Waals surface area contributed by atoms with E-state index in [0.717, 1.165) is 16.5 Å². The minimum Gasteiger partial charge on any atom is -0.507 e. The standard InChI is InChI=1S/C31H28N2O7/c1-38-22-6-4-5-20(15-22)28(34)26-27(18-7-9-19(10-8-18)31(37)40-3)33(30(36)29(26)35)14-13-21-17-32-25-12-11-23(39-2)16-24(21)25/h4-12,15-17,27,32,34H,13-14H2,1-3H3/t27-/m1/s1. The molecule has 0 unspecified atom stereocenters. The molecule has 40 heavy (non-hydrogen) atoms. The van der Waals surface area contributed by atoms with Crippen LogP contribution in [0.4, 0.5) is 0 Å². The number of amides is 1. The molecule has 1 atom stereocenters. The molecular weight excluding hydrogens is 512 g/mol. The van der Waals surface area contributed by atoms with Gasteiger partial charge in [-0.2, -0.15) is 0 Å². The summed E-state index contributed by atoms with van der Waals surface area (Å²) in [5.74, 6) is -1.12. The number of methoxy groups -OCH3 is 3. The zero-order valence-corrected chi connectivity index (χ0v) is 22.3. The average Bonchev–Trinajstić information content (AvgIpc) is 3.52. The topological polar surface area (TPSA) is 118 Å². The zero-order valence-electron chi connectivity index (χ0n) is 22.3. The predicted octanol–water partition coefficient (Wildman–Crippen LogP) is 4.64. The second kappa shape index (κ2) is 11.0. The van der Waals surface area contributed by atoms with E-state index < -0.39 is 23.7 Å². The van der Waals surface area contributed by atoms with Crippen LogP contribution in [0.1, 0.15) is 33.1 Å². The maximum Gasteiger partial charge on any atom is 0.337 e. The number of aromatic nitrogens is 1. The van der Waals surface area contributed by atoms with Crippen molar-refractivity contribution in [1.29, 1.82) is 0 Å². The fourth-order valence-corrected chi connectivity index (χ4v) is 5.03. The Kier molecular flexibility index (Phi) is 7.29. The van der Waals surface area contributed by atoms with Crippen molar-refractivity contribution < 1.29 is 33.7 Å². The van der Waals surface area contributed by atoms with Gasteiger partial charge in [0.05, 0.1) is 38.5 Å². The molecule has 0 radical (unpaired) electrons. The number of fused-ring (bicyclic) bond motifs is 1. The highest BCUT2D eigenvalue weighted by atomic mass is 16.5. The smallest absolute Gasteiger partial charge is 0.337 e. The van der Waals surface area contributed by atoms with Crippen molar-refractivity contribution in [3.8, 4) is 11.5 Å². The normalized spacial score (nSPS) is 16.4. The van der Waals surface area contributed by atoms with Crippen LogP contribution in [0.5, 0.6) is 11.5 Å². The van der Waals surface area contributed by atoms with Crippen molar-refractivity contribution in [2.45, 2.75) is 12.5 Å². The number of carbonyl (C=O) groups excluding carboxylic acids is 3. The number of hydrogen-bond acceptors (Lipinski definition) is 7. The molecule has 9 heteroatoms. The molecule has 9 nitrogen and oxygen atoms in total. The summed E-state index contributed by atoms with van der Waals surface area (Å²) in [5, 5.41) is 12.3. The minimum absolute atomic E-state index is 0.0373. The molecule has 0 bridgehead atoms. The number of ether oxygens (including phenoxy) is 3. The van der Waals surface area contributed by atoms with E-state index in [0.29, 0.717) is 34.6 Å². The molecule has 0 spiro atoms. The number of esters is 1. The van der Waals surface area contributed by atoms with Crippen molar-refractivity contribution in [2.24, 2.45) is 0 Å². The number of H-pyrrole nitrogens is 1. The number of aromatic amines is 1. The Bertz CT molecular complexity index is 1640. The highest BCUT2D eigenvalue weighted by Gasteiger charge is 2.46. The lowest BCUT2D eigenvalue weighted by atomic mass is 9.94.